The summed E-state index contributed by atoms with van der Waals surface area (Å²) >= 11 is 0. The van der Waals surface area contributed by atoms with E-state index in [-0.39, 0.29) is 11.7 Å². The van der Waals surface area contributed by atoms with Crippen molar-refractivity contribution in [3.63, 3.8) is 0 Å². The molecule has 0 amide bonds. The maximum Gasteiger partial charge on any atom is 0.159 e. The van der Waals surface area contributed by atoms with Gasteiger partial charge in [0.05, 0.1) is 12.0 Å². The predicted octanol–water partition coefficient (Wildman–Crippen LogP) is 1.08. The number of carbonyl (C=O) groups is 2. The fraction of sp³-hybridized carbons (Fsp3) is 0.385. The molecule has 1 N–H and O–H groups in total. The number of carbonyl (C=O) groups excluding carboxylic acids is 2. The Morgan fingerprint density at radius 2 is 1.71 bits per heavy atom. The summed E-state index contributed by atoms with van der Waals surface area (Å²) in [7, 11) is 0. The standard InChI is InChI=1S/C13H17NO3/c1-8(2)12(13(16)17)14-11-6-4-10(5-7-11)9(3)15/h4-8,12,14H,1-3H3,(H,16,17)/p-1/t12-/m0/s1. The molecule has 0 spiro atoms. The first-order valence-corrected chi connectivity index (χ1v) is 5.50. The molecule has 0 radical (unpaired) electrons. The zero-order valence-corrected chi connectivity index (χ0v) is 10.2. The number of carboxylic acid groups (broad SMARTS) is 1. The van der Waals surface area contributed by atoms with Crippen LogP contribution in [0.1, 0.15) is 31.1 Å². The van der Waals surface area contributed by atoms with Crippen LogP contribution in [0.25, 0.3) is 0 Å². The summed E-state index contributed by atoms with van der Waals surface area (Å²) in [6.45, 7) is 5.09. The summed E-state index contributed by atoms with van der Waals surface area (Å²) < 4.78 is 0. The summed E-state index contributed by atoms with van der Waals surface area (Å²) in [6, 6.07) is 5.97. The predicted molar refractivity (Wildman–Crippen MR) is 63.7 cm³/mol. The molecule has 4 heteroatoms. The van der Waals surface area contributed by atoms with Gasteiger partial charge in [-0.05, 0) is 37.1 Å². The third-order valence-electron chi connectivity index (χ3n) is 2.53. The number of hydrogen-bond donors (Lipinski definition) is 1. The Morgan fingerprint density at radius 1 is 1.18 bits per heavy atom. The van der Waals surface area contributed by atoms with E-state index in [2.05, 4.69) is 5.32 Å². The second kappa shape index (κ2) is 5.48. The number of anilines is 1. The highest BCUT2D eigenvalue weighted by molar-refractivity contribution is 5.94. The lowest BCUT2D eigenvalue weighted by Crippen LogP contribution is -2.44. The van der Waals surface area contributed by atoms with Crippen molar-refractivity contribution >= 4 is 17.4 Å². The molecule has 0 aliphatic heterocycles. The smallest absolute Gasteiger partial charge is 0.159 e. The molecule has 0 fully saturated rings. The molecule has 4 nitrogen and oxygen atoms in total. The summed E-state index contributed by atoms with van der Waals surface area (Å²) in [5.41, 5.74) is 1.27. The first-order valence-electron chi connectivity index (χ1n) is 5.50. The lowest BCUT2D eigenvalue weighted by atomic mass is 10.0. The summed E-state index contributed by atoms with van der Waals surface area (Å²) in [4.78, 5) is 22.0. The fourth-order valence-electron chi connectivity index (χ4n) is 1.48. The molecule has 1 aromatic rings. The van der Waals surface area contributed by atoms with Crippen LogP contribution in [0.2, 0.25) is 0 Å². The van der Waals surface area contributed by atoms with E-state index in [0.717, 1.165) is 0 Å². The summed E-state index contributed by atoms with van der Waals surface area (Å²) in [5, 5.41) is 13.8. The lowest BCUT2D eigenvalue weighted by molar-refractivity contribution is -0.307. The highest BCUT2D eigenvalue weighted by atomic mass is 16.4. The van der Waals surface area contributed by atoms with Crippen molar-refractivity contribution in [3.8, 4) is 0 Å². The first-order chi connectivity index (χ1) is 7.91. The largest absolute Gasteiger partial charge is 0.548 e. The van der Waals surface area contributed by atoms with Crippen molar-refractivity contribution in [1.82, 2.24) is 0 Å². The van der Waals surface area contributed by atoms with Crippen molar-refractivity contribution in [1.29, 1.82) is 0 Å². The van der Waals surface area contributed by atoms with Crippen molar-refractivity contribution in [2.24, 2.45) is 5.92 Å². The molecule has 0 heterocycles. The first kappa shape index (κ1) is 13.2. The molecule has 92 valence electrons. The van der Waals surface area contributed by atoms with Gasteiger partial charge in [-0.3, -0.25) is 4.79 Å². The Morgan fingerprint density at radius 3 is 2.06 bits per heavy atom. The third kappa shape index (κ3) is 3.59. The number of nitrogens with one attached hydrogen (secondary N) is 1. The molecule has 1 atom stereocenters. The summed E-state index contributed by atoms with van der Waals surface area (Å²) in [5.74, 6) is -1.22. The zero-order chi connectivity index (χ0) is 13.0. The quantitative estimate of drug-likeness (QED) is 0.774. The Bertz CT molecular complexity index is 409. The molecule has 0 aliphatic carbocycles. The van der Waals surface area contributed by atoms with Crippen LogP contribution in [0.3, 0.4) is 0 Å². The minimum Gasteiger partial charge on any atom is -0.548 e. The lowest BCUT2D eigenvalue weighted by Gasteiger charge is -2.24. The Kier molecular flexibility index (Phi) is 4.26. The van der Waals surface area contributed by atoms with Gasteiger partial charge in [0, 0.05) is 11.3 Å². The van der Waals surface area contributed by atoms with Gasteiger partial charge in [0.15, 0.2) is 5.78 Å². The van der Waals surface area contributed by atoms with Gasteiger partial charge in [-0.15, -0.1) is 0 Å². The number of benzene rings is 1. The topological polar surface area (TPSA) is 69.2 Å². The van der Waals surface area contributed by atoms with Gasteiger partial charge in [-0.2, -0.15) is 0 Å². The molecule has 1 aromatic carbocycles. The van der Waals surface area contributed by atoms with Crippen molar-refractivity contribution in [3.05, 3.63) is 29.8 Å². The van der Waals surface area contributed by atoms with E-state index in [1.54, 1.807) is 38.1 Å². The van der Waals surface area contributed by atoms with Crippen LogP contribution in [-0.4, -0.2) is 17.8 Å². The maximum absolute atomic E-state index is 11.1. The highest BCUT2D eigenvalue weighted by Gasteiger charge is 2.14. The van der Waals surface area contributed by atoms with E-state index in [9.17, 15) is 14.7 Å². The Balaban J connectivity index is 2.80. The highest BCUT2D eigenvalue weighted by Crippen LogP contribution is 2.14. The van der Waals surface area contributed by atoms with Gasteiger partial charge in [0.25, 0.3) is 0 Å². The number of rotatable bonds is 5. The van der Waals surface area contributed by atoms with Gasteiger partial charge < -0.3 is 15.2 Å². The zero-order valence-electron chi connectivity index (χ0n) is 10.2. The van der Waals surface area contributed by atoms with Crippen LogP contribution in [0.5, 0.6) is 0 Å². The van der Waals surface area contributed by atoms with E-state index >= 15 is 0 Å². The van der Waals surface area contributed by atoms with E-state index < -0.39 is 12.0 Å². The average molecular weight is 234 g/mol. The molecular weight excluding hydrogens is 218 g/mol. The Hall–Kier alpha value is -1.84. The third-order valence-corrected chi connectivity index (χ3v) is 2.53. The maximum atomic E-state index is 11.1. The van der Waals surface area contributed by atoms with E-state index in [4.69, 9.17) is 0 Å². The van der Waals surface area contributed by atoms with Crippen LogP contribution in [0.15, 0.2) is 24.3 Å². The molecule has 0 bridgehead atoms. The van der Waals surface area contributed by atoms with Gasteiger partial charge in [0.1, 0.15) is 0 Å². The molecule has 1 rings (SSSR count). The molecule has 0 saturated heterocycles. The average Bonchev–Trinajstić information content (AvgIpc) is 2.25. The summed E-state index contributed by atoms with van der Waals surface area (Å²) in [6.07, 6.45) is 0. The van der Waals surface area contributed by atoms with Gasteiger partial charge in [-0.25, -0.2) is 0 Å². The van der Waals surface area contributed by atoms with Gasteiger partial charge in [0.2, 0.25) is 0 Å². The molecular formula is C13H16NO3-. The minimum atomic E-state index is -1.13. The Labute approximate surface area is 101 Å². The van der Waals surface area contributed by atoms with E-state index in [0.29, 0.717) is 11.3 Å². The fourth-order valence-corrected chi connectivity index (χ4v) is 1.48. The van der Waals surface area contributed by atoms with Crippen molar-refractivity contribution < 1.29 is 14.7 Å². The van der Waals surface area contributed by atoms with E-state index in [1.165, 1.54) is 6.92 Å². The van der Waals surface area contributed by atoms with Crippen LogP contribution in [0, 0.1) is 5.92 Å². The molecule has 0 unspecified atom stereocenters. The molecule has 17 heavy (non-hydrogen) atoms. The number of ketones is 1. The van der Waals surface area contributed by atoms with Crippen molar-refractivity contribution in [2.75, 3.05) is 5.32 Å². The van der Waals surface area contributed by atoms with Crippen LogP contribution in [-0.2, 0) is 4.79 Å². The monoisotopic (exact) mass is 234 g/mol. The van der Waals surface area contributed by atoms with Gasteiger partial charge >= 0.3 is 0 Å². The van der Waals surface area contributed by atoms with Crippen LogP contribution < -0.4 is 10.4 Å². The normalized spacial score (nSPS) is 12.2. The SMILES string of the molecule is CC(=O)c1ccc(N[C@H](C(=O)[O-])C(C)C)cc1. The van der Waals surface area contributed by atoms with Crippen LogP contribution in [0.4, 0.5) is 5.69 Å². The minimum absolute atomic E-state index is 0.0168. The molecule has 0 saturated carbocycles. The second-order valence-electron chi connectivity index (χ2n) is 4.32. The van der Waals surface area contributed by atoms with E-state index in [1.807, 2.05) is 0 Å². The van der Waals surface area contributed by atoms with Crippen LogP contribution >= 0.6 is 0 Å². The second-order valence-corrected chi connectivity index (χ2v) is 4.32. The number of hydrogen-bond acceptors (Lipinski definition) is 4. The molecule has 0 aromatic heterocycles. The number of aliphatic carboxylic acids is 1. The van der Waals surface area contributed by atoms with Crippen molar-refractivity contribution in [2.45, 2.75) is 26.8 Å². The number of carboxylic acids is 1. The molecule has 0 aliphatic rings. The van der Waals surface area contributed by atoms with Gasteiger partial charge in [-0.1, -0.05) is 13.8 Å². The number of Topliss-reactive ketones (excluding diaryl/α,β-unsaturated/α-hetero) is 1.